The van der Waals surface area contributed by atoms with Crippen molar-refractivity contribution in [3.05, 3.63) is 51.1 Å². The van der Waals surface area contributed by atoms with Crippen LogP contribution in [-0.2, 0) is 17.6 Å². The molecule has 1 N–H and O–H groups in total. The number of halogens is 1. The van der Waals surface area contributed by atoms with Gasteiger partial charge in [0.25, 0.3) is 5.56 Å². The molecule has 1 aliphatic heterocycles. The fourth-order valence-corrected chi connectivity index (χ4v) is 5.57. The topological polar surface area (TPSA) is 89.8 Å². The van der Waals surface area contributed by atoms with Crippen LogP contribution >= 0.6 is 34.9 Å². The zero-order valence-corrected chi connectivity index (χ0v) is 18.7. The molecule has 156 valence electrons. The Morgan fingerprint density at radius 3 is 2.80 bits per heavy atom. The monoisotopic (exact) mass is 463 g/mol. The van der Waals surface area contributed by atoms with Gasteiger partial charge in [0.1, 0.15) is 10.8 Å². The molecule has 0 saturated heterocycles. The van der Waals surface area contributed by atoms with Gasteiger partial charge in [-0.25, -0.2) is 9.37 Å². The lowest BCUT2D eigenvalue weighted by Gasteiger charge is -2.13. The van der Waals surface area contributed by atoms with Crippen molar-refractivity contribution < 1.29 is 9.18 Å². The molecule has 0 fully saturated rings. The van der Waals surface area contributed by atoms with E-state index in [-0.39, 0.29) is 28.3 Å². The number of amides is 1. The summed E-state index contributed by atoms with van der Waals surface area (Å²) < 4.78 is 14.8. The predicted octanol–water partition coefficient (Wildman–Crippen LogP) is 3.55. The predicted molar refractivity (Wildman–Crippen MR) is 117 cm³/mol. The van der Waals surface area contributed by atoms with Crippen LogP contribution in [0.3, 0.4) is 0 Å². The lowest BCUT2D eigenvalue weighted by Crippen LogP contribution is -2.24. The van der Waals surface area contributed by atoms with E-state index in [0.29, 0.717) is 27.3 Å². The van der Waals surface area contributed by atoms with Crippen molar-refractivity contribution in [3.8, 4) is 5.69 Å². The fraction of sp³-hybridized carbons (Fsp3) is 0.316. The molecule has 0 radical (unpaired) electrons. The van der Waals surface area contributed by atoms with E-state index in [1.54, 1.807) is 0 Å². The fourth-order valence-electron chi connectivity index (χ4n) is 2.95. The van der Waals surface area contributed by atoms with Gasteiger partial charge in [-0.05, 0) is 30.7 Å². The van der Waals surface area contributed by atoms with Gasteiger partial charge in [-0.15, -0.1) is 22.0 Å². The molecule has 1 atom stereocenters. The normalized spacial score (nSPS) is 15.2. The Morgan fingerprint density at radius 1 is 1.33 bits per heavy atom. The minimum Gasteiger partial charge on any atom is -0.300 e. The van der Waals surface area contributed by atoms with Gasteiger partial charge in [-0.1, -0.05) is 36.9 Å². The van der Waals surface area contributed by atoms with Crippen LogP contribution in [-0.4, -0.2) is 36.7 Å². The van der Waals surface area contributed by atoms with E-state index in [2.05, 4.69) is 20.5 Å². The number of anilines is 1. The number of hydrogen-bond donors (Lipinski definition) is 1. The Bertz CT molecular complexity index is 1150. The second kappa shape index (κ2) is 8.86. The Hall–Kier alpha value is -2.24. The Balaban J connectivity index is 1.61. The van der Waals surface area contributed by atoms with E-state index in [0.717, 1.165) is 28.9 Å². The van der Waals surface area contributed by atoms with Crippen LogP contribution in [0.1, 0.15) is 24.5 Å². The minimum atomic E-state index is -0.388. The Labute approximate surface area is 184 Å². The van der Waals surface area contributed by atoms with Gasteiger partial charge < -0.3 is 0 Å². The van der Waals surface area contributed by atoms with Gasteiger partial charge in [0.2, 0.25) is 11.0 Å². The van der Waals surface area contributed by atoms with E-state index in [4.69, 9.17) is 0 Å². The average Bonchev–Trinajstić information content (AvgIpc) is 3.33. The number of benzene rings is 1. The minimum absolute atomic E-state index is 0.0517. The number of aromatic nitrogens is 4. The first-order chi connectivity index (χ1) is 14.4. The van der Waals surface area contributed by atoms with Crippen LogP contribution in [0.15, 0.2) is 39.1 Å². The van der Waals surface area contributed by atoms with Crippen LogP contribution in [0.2, 0.25) is 0 Å². The van der Waals surface area contributed by atoms with Crippen molar-refractivity contribution in [2.75, 3.05) is 11.1 Å². The quantitative estimate of drug-likeness (QED) is 0.442. The number of rotatable bonds is 6. The van der Waals surface area contributed by atoms with Crippen molar-refractivity contribution in [1.82, 2.24) is 19.7 Å². The van der Waals surface area contributed by atoms with Crippen molar-refractivity contribution in [2.45, 2.75) is 42.0 Å². The molecule has 0 spiro atoms. The number of carbonyl (C=O) groups excluding carboxylic acids is 1. The molecule has 3 heterocycles. The number of nitrogens with one attached hydrogen (secondary N) is 1. The summed E-state index contributed by atoms with van der Waals surface area (Å²) in [5, 5.41) is 12.6. The van der Waals surface area contributed by atoms with Crippen molar-refractivity contribution in [1.29, 1.82) is 0 Å². The molecule has 2 aromatic heterocycles. The maximum Gasteiger partial charge on any atom is 0.272 e. The summed E-state index contributed by atoms with van der Waals surface area (Å²) in [5.41, 5.74) is 1.06. The Morgan fingerprint density at radius 2 is 2.10 bits per heavy atom. The molecule has 3 aromatic rings. The van der Waals surface area contributed by atoms with Gasteiger partial charge in [-0.3, -0.25) is 19.5 Å². The summed E-state index contributed by atoms with van der Waals surface area (Å²) in [7, 11) is 0. The zero-order chi connectivity index (χ0) is 21.3. The number of thioether (sulfide) groups is 2. The molecular weight excluding hydrogens is 445 g/mol. The van der Waals surface area contributed by atoms with Gasteiger partial charge in [0, 0.05) is 11.7 Å². The molecule has 1 aliphatic rings. The van der Waals surface area contributed by atoms with Crippen molar-refractivity contribution in [3.63, 3.8) is 0 Å². The van der Waals surface area contributed by atoms with E-state index >= 15 is 0 Å². The lowest BCUT2D eigenvalue weighted by molar-refractivity contribution is -0.113. The molecule has 0 aliphatic carbocycles. The van der Waals surface area contributed by atoms with E-state index in [1.165, 1.54) is 51.9 Å². The lowest BCUT2D eigenvalue weighted by atomic mass is 10.2. The van der Waals surface area contributed by atoms with Crippen LogP contribution in [0.5, 0.6) is 0 Å². The second-order valence-corrected chi connectivity index (χ2v) is 10.1. The van der Waals surface area contributed by atoms with Gasteiger partial charge in [0.15, 0.2) is 5.16 Å². The standard InChI is InChI=1S/C19H18FN5O2S3/c1-3-15-23-24-18(30-15)22-14(26)9-28-19-21-13-8-10(2)29-16(13)17(27)25(19)12-6-4-11(20)5-7-12/h4-7,10H,3,8-9H2,1-2H3,(H,22,24,26). The molecule has 7 nitrogen and oxygen atoms in total. The largest absolute Gasteiger partial charge is 0.300 e. The summed E-state index contributed by atoms with van der Waals surface area (Å²) in [6, 6.07) is 5.66. The second-order valence-electron chi connectivity index (χ2n) is 6.61. The van der Waals surface area contributed by atoms with Crippen molar-refractivity contribution in [2.24, 2.45) is 0 Å². The van der Waals surface area contributed by atoms with Gasteiger partial charge in [0.05, 0.1) is 22.0 Å². The van der Waals surface area contributed by atoms with Crippen LogP contribution in [0.4, 0.5) is 9.52 Å². The molecule has 0 saturated carbocycles. The van der Waals surface area contributed by atoms with Crippen LogP contribution in [0.25, 0.3) is 5.69 Å². The summed E-state index contributed by atoms with van der Waals surface area (Å²) in [4.78, 5) is 30.8. The highest BCUT2D eigenvalue weighted by Gasteiger charge is 2.27. The SMILES string of the molecule is CCc1nnc(NC(=O)CSc2nc3c(c(=O)n2-c2ccc(F)cc2)SC(C)C3)s1. The summed E-state index contributed by atoms with van der Waals surface area (Å²) >= 11 is 3.99. The van der Waals surface area contributed by atoms with Crippen LogP contribution in [0, 0.1) is 5.82 Å². The first-order valence-electron chi connectivity index (χ1n) is 9.28. The third kappa shape index (κ3) is 4.42. The number of carbonyl (C=O) groups is 1. The molecular formula is C19H18FN5O2S3. The smallest absolute Gasteiger partial charge is 0.272 e. The average molecular weight is 464 g/mol. The number of aryl methyl sites for hydroxylation is 1. The zero-order valence-electron chi connectivity index (χ0n) is 16.2. The highest BCUT2D eigenvalue weighted by molar-refractivity contribution is 8.00. The molecule has 1 aromatic carbocycles. The Kier molecular flexibility index (Phi) is 6.21. The summed E-state index contributed by atoms with van der Waals surface area (Å²) in [6.07, 6.45) is 1.45. The highest BCUT2D eigenvalue weighted by Crippen LogP contribution is 2.35. The first kappa shape index (κ1) is 21.0. The van der Waals surface area contributed by atoms with Crippen molar-refractivity contribution >= 4 is 45.9 Å². The van der Waals surface area contributed by atoms with E-state index < -0.39 is 0 Å². The van der Waals surface area contributed by atoms with Crippen LogP contribution < -0.4 is 10.9 Å². The molecule has 0 bridgehead atoms. The van der Waals surface area contributed by atoms with E-state index in [1.807, 2.05) is 13.8 Å². The number of nitrogens with zero attached hydrogens (tertiary/aromatic N) is 4. The van der Waals surface area contributed by atoms with Gasteiger partial charge >= 0.3 is 0 Å². The summed E-state index contributed by atoms with van der Waals surface area (Å²) in [5.74, 6) is -0.598. The molecule has 1 unspecified atom stereocenters. The molecule has 4 rings (SSSR count). The molecule has 30 heavy (non-hydrogen) atoms. The molecule has 1 amide bonds. The maximum atomic E-state index is 13.4. The maximum absolute atomic E-state index is 13.4. The summed E-state index contributed by atoms with van der Waals surface area (Å²) in [6.45, 7) is 4.01. The molecule has 11 heteroatoms. The van der Waals surface area contributed by atoms with E-state index in [9.17, 15) is 14.0 Å². The first-order valence-corrected chi connectivity index (χ1v) is 12.0. The number of hydrogen-bond acceptors (Lipinski definition) is 8. The number of fused-ring (bicyclic) bond motifs is 1. The highest BCUT2D eigenvalue weighted by atomic mass is 32.2. The third-order valence-corrected chi connectivity index (χ3v) is 7.45. The third-order valence-electron chi connectivity index (χ3n) is 4.31. The van der Waals surface area contributed by atoms with Gasteiger partial charge in [-0.2, -0.15) is 0 Å².